The summed E-state index contributed by atoms with van der Waals surface area (Å²) in [5, 5.41) is 1.62. The number of anilines is 1. The first-order chi connectivity index (χ1) is 10.6. The second kappa shape index (κ2) is 5.93. The maximum absolute atomic E-state index is 14.0. The standard InChI is InChI=1S/C19H21FN2/c1-13-5-3-7-18(20)15(13)11-12-17-16(14-9-10-14)6-4-8-19(17)22(2)21/h3-8,11-12,14H,9-10,21H2,1-2H3/b12-11+. The topological polar surface area (TPSA) is 29.3 Å². The van der Waals surface area contributed by atoms with E-state index in [0.717, 1.165) is 16.8 Å². The smallest absolute Gasteiger partial charge is 0.130 e. The van der Waals surface area contributed by atoms with Crippen molar-refractivity contribution in [1.82, 2.24) is 0 Å². The van der Waals surface area contributed by atoms with E-state index in [0.29, 0.717) is 11.5 Å². The molecule has 1 saturated carbocycles. The molecule has 0 aromatic heterocycles. The molecule has 0 spiro atoms. The van der Waals surface area contributed by atoms with Gasteiger partial charge in [0.15, 0.2) is 0 Å². The summed E-state index contributed by atoms with van der Waals surface area (Å²) in [5.41, 5.74) is 4.94. The lowest BCUT2D eigenvalue weighted by atomic mass is 9.99. The van der Waals surface area contributed by atoms with E-state index in [4.69, 9.17) is 5.84 Å². The van der Waals surface area contributed by atoms with Gasteiger partial charge < -0.3 is 5.01 Å². The molecule has 22 heavy (non-hydrogen) atoms. The predicted molar refractivity (Wildman–Crippen MR) is 91.1 cm³/mol. The summed E-state index contributed by atoms with van der Waals surface area (Å²) in [5.74, 6) is 6.38. The van der Waals surface area contributed by atoms with Gasteiger partial charge in [0.1, 0.15) is 5.82 Å². The van der Waals surface area contributed by atoms with Crippen LogP contribution in [0.3, 0.4) is 0 Å². The molecule has 3 rings (SSSR count). The molecule has 3 heteroatoms. The Balaban J connectivity index is 2.06. The Labute approximate surface area is 131 Å². The SMILES string of the molecule is Cc1cccc(F)c1/C=C/c1c(C2CC2)cccc1N(C)N. The first kappa shape index (κ1) is 14.8. The van der Waals surface area contributed by atoms with Crippen LogP contribution in [-0.2, 0) is 0 Å². The summed E-state index contributed by atoms with van der Waals surface area (Å²) in [6, 6.07) is 11.3. The summed E-state index contributed by atoms with van der Waals surface area (Å²) in [6.45, 7) is 1.92. The lowest BCUT2D eigenvalue weighted by Crippen LogP contribution is -2.26. The van der Waals surface area contributed by atoms with Crippen LogP contribution >= 0.6 is 0 Å². The van der Waals surface area contributed by atoms with E-state index in [2.05, 4.69) is 6.07 Å². The molecule has 2 N–H and O–H groups in total. The molecule has 0 aliphatic heterocycles. The molecule has 114 valence electrons. The van der Waals surface area contributed by atoms with Crippen LogP contribution in [-0.4, -0.2) is 7.05 Å². The highest BCUT2D eigenvalue weighted by Gasteiger charge is 2.26. The summed E-state index contributed by atoms with van der Waals surface area (Å²) in [4.78, 5) is 0. The zero-order chi connectivity index (χ0) is 15.7. The average Bonchev–Trinajstić information content (AvgIpc) is 3.31. The van der Waals surface area contributed by atoms with E-state index in [1.807, 2.05) is 44.3 Å². The number of rotatable bonds is 4. The summed E-state index contributed by atoms with van der Waals surface area (Å²) in [7, 11) is 1.83. The van der Waals surface area contributed by atoms with Crippen molar-refractivity contribution in [1.29, 1.82) is 0 Å². The molecule has 0 bridgehead atoms. The van der Waals surface area contributed by atoms with Crippen LogP contribution in [0.5, 0.6) is 0 Å². The molecule has 2 aromatic rings. The molecule has 2 aromatic carbocycles. The Bertz CT molecular complexity index is 675. The number of benzene rings is 2. The third kappa shape index (κ3) is 2.90. The molecule has 1 fully saturated rings. The largest absolute Gasteiger partial charge is 0.314 e. The number of nitrogens with two attached hydrogens (primary N) is 1. The van der Waals surface area contributed by atoms with E-state index in [1.165, 1.54) is 24.5 Å². The minimum absolute atomic E-state index is 0.192. The molecule has 0 amide bonds. The van der Waals surface area contributed by atoms with Crippen molar-refractivity contribution in [2.24, 2.45) is 5.84 Å². The molecule has 0 radical (unpaired) electrons. The Kier molecular flexibility index (Phi) is 3.99. The van der Waals surface area contributed by atoms with Crippen molar-refractivity contribution in [2.45, 2.75) is 25.7 Å². The van der Waals surface area contributed by atoms with E-state index >= 15 is 0 Å². The second-order valence-corrected chi connectivity index (χ2v) is 5.97. The molecule has 0 saturated heterocycles. The van der Waals surface area contributed by atoms with E-state index < -0.39 is 0 Å². The quantitative estimate of drug-likeness (QED) is 0.511. The minimum atomic E-state index is -0.192. The lowest BCUT2D eigenvalue weighted by Gasteiger charge is -2.18. The molecule has 0 unspecified atom stereocenters. The van der Waals surface area contributed by atoms with Gasteiger partial charge in [0.2, 0.25) is 0 Å². The molecule has 1 aliphatic rings. The first-order valence-corrected chi connectivity index (χ1v) is 7.62. The van der Waals surface area contributed by atoms with Crippen LogP contribution in [0.1, 0.15) is 41.0 Å². The number of nitrogens with zero attached hydrogens (tertiary/aromatic N) is 1. The monoisotopic (exact) mass is 296 g/mol. The van der Waals surface area contributed by atoms with Crippen LogP contribution in [0.25, 0.3) is 12.2 Å². The van der Waals surface area contributed by atoms with Gasteiger partial charge in [-0.3, -0.25) is 0 Å². The van der Waals surface area contributed by atoms with Crippen LogP contribution < -0.4 is 10.9 Å². The van der Waals surface area contributed by atoms with Crippen LogP contribution in [0.2, 0.25) is 0 Å². The number of hydrazine groups is 1. The highest BCUT2D eigenvalue weighted by atomic mass is 19.1. The van der Waals surface area contributed by atoms with Gasteiger partial charge in [-0.1, -0.05) is 36.4 Å². The fourth-order valence-electron chi connectivity index (χ4n) is 2.83. The molecule has 0 atom stereocenters. The minimum Gasteiger partial charge on any atom is -0.314 e. The number of aryl methyl sites for hydroxylation is 1. The number of halogens is 1. The molecule has 2 nitrogen and oxygen atoms in total. The third-order valence-corrected chi connectivity index (χ3v) is 4.20. The van der Waals surface area contributed by atoms with Gasteiger partial charge in [-0.05, 0) is 48.9 Å². The van der Waals surface area contributed by atoms with Crippen LogP contribution in [0.4, 0.5) is 10.1 Å². The Hall–Kier alpha value is -2.13. The van der Waals surface area contributed by atoms with Crippen molar-refractivity contribution in [3.8, 4) is 0 Å². The van der Waals surface area contributed by atoms with Gasteiger partial charge in [0.25, 0.3) is 0 Å². The average molecular weight is 296 g/mol. The summed E-state index contributed by atoms with van der Waals surface area (Å²) < 4.78 is 14.0. The fourth-order valence-corrected chi connectivity index (χ4v) is 2.83. The number of hydrogen-bond acceptors (Lipinski definition) is 2. The summed E-state index contributed by atoms with van der Waals surface area (Å²) in [6.07, 6.45) is 6.30. The summed E-state index contributed by atoms with van der Waals surface area (Å²) >= 11 is 0. The van der Waals surface area contributed by atoms with Crippen molar-refractivity contribution in [2.75, 3.05) is 12.1 Å². The van der Waals surface area contributed by atoms with E-state index in [-0.39, 0.29) is 5.82 Å². The number of hydrogen-bond donors (Lipinski definition) is 1. The Morgan fingerprint density at radius 2 is 1.77 bits per heavy atom. The lowest BCUT2D eigenvalue weighted by molar-refractivity contribution is 0.624. The van der Waals surface area contributed by atoms with Crippen molar-refractivity contribution < 1.29 is 4.39 Å². The molecule has 1 aliphatic carbocycles. The normalized spacial score (nSPS) is 14.5. The molecule has 0 heterocycles. The van der Waals surface area contributed by atoms with Crippen LogP contribution in [0.15, 0.2) is 36.4 Å². The fraction of sp³-hybridized carbons (Fsp3) is 0.263. The maximum atomic E-state index is 14.0. The zero-order valence-electron chi connectivity index (χ0n) is 13.0. The Morgan fingerprint density at radius 3 is 2.41 bits per heavy atom. The molecular weight excluding hydrogens is 275 g/mol. The molecular formula is C19H21FN2. The predicted octanol–water partition coefficient (Wildman–Crippen LogP) is 4.49. The highest BCUT2D eigenvalue weighted by molar-refractivity contribution is 5.80. The van der Waals surface area contributed by atoms with Crippen LogP contribution in [0, 0.1) is 12.7 Å². The van der Waals surface area contributed by atoms with E-state index in [1.54, 1.807) is 11.1 Å². The maximum Gasteiger partial charge on any atom is 0.130 e. The van der Waals surface area contributed by atoms with Gasteiger partial charge in [-0.15, -0.1) is 0 Å². The van der Waals surface area contributed by atoms with Gasteiger partial charge in [0.05, 0.1) is 5.69 Å². The van der Waals surface area contributed by atoms with E-state index in [9.17, 15) is 4.39 Å². The third-order valence-electron chi connectivity index (χ3n) is 4.20. The Morgan fingerprint density at radius 1 is 1.09 bits per heavy atom. The van der Waals surface area contributed by atoms with Gasteiger partial charge >= 0.3 is 0 Å². The van der Waals surface area contributed by atoms with Crippen molar-refractivity contribution >= 4 is 17.8 Å². The van der Waals surface area contributed by atoms with Crippen molar-refractivity contribution in [3.05, 3.63) is 64.5 Å². The first-order valence-electron chi connectivity index (χ1n) is 7.62. The van der Waals surface area contributed by atoms with Crippen molar-refractivity contribution in [3.63, 3.8) is 0 Å². The van der Waals surface area contributed by atoms with Gasteiger partial charge in [-0.25, -0.2) is 10.2 Å². The zero-order valence-corrected chi connectivity index (χ0v) is 13.0. The second-order valence-electron chi connectivity index (χ2n) is 5.97. The van der Waals surface area contributed by atoms with Gasteiger partial charge in [-0.2, -0.15) is 0 Å². The van der Waals surface area contributed by atoms with Gasteiger partial charge in [0, 0.05) is 18.2 Å². The highest BCUT2D eigenvalue weighted by Crippen LogP contribution is 2.44.